The zero-order valence-corrected chi connectivity index (χ0v) is 12.8. The van der Waals surface area contributed by atoms with Crippen LogP contribution in [-0.4, -0.2) is 11.0 Å². The molecule has 3 atom stereocenters. The zero-order valence-electron chi connectivity index (χ0n) is 12.8. The van der Waals surface area contributed by atoms with Crippen molar-refractivity contribution < 1.29 is 9.31 Å². The minimum Gasteiger partial charge on any atom is -0.382 e. The molecule has 2 rings (SSSR count). The summed E-state index contributed by atoms with van der Waals surface area (Å²) in [6.45, 7) is 6.62. The largest absolute Gasteiger partial charge is 0.382 e. The topological polar surface area (TPSA) is 55.2 Å². The van der Waals surface area contributed by atoms with Gasteiger partial charge in [0.25, 0.3) is 5.69 Å². The number of hydrogen-bond donors (Lipinski definition) is 1. The molecule has 1 aliphatic rings. The zero-order chi connectivity index (χ0) is 15.6. The van der Waals surface area contributed by atoms with E-state index in [2.05, 4.69) is 26.1 Å². The van der Waals surface area contributed by atoms with E-state index in [1.165, 1.54) is 18.6 Å². The summed E-state index contributed by atoms with van der Waals surface area (Å²) in [6.07, 6.45) is 3.38. The van der Waals surface area contributed by atoms with Crippen LogP contribution in [0.5, 0.6) is 0 Å². The maximum Gasteiger partial charge on any atom is 0.274 e. The highest BCUT2D eigenvalue weighted by Gasteiger charge is 2.30. The Morgan fingerprint density at radius 3 is 2.67 bits per heavy atom. The van der Waals surface area contributed by atoms with Crippen LogP contribution in [-0.2, 0) is 0 Å². The second-order valence-corrected chi connectivity index (χ2v) is 6.53. The van der Waals surface area contributed by atoms with Gasteiger partial charge >= 0.3 is 0 Å². The molecule has 21 heavy (non-hydrogen) atoms. The third-order valence-electron chi connectivity index (χ3n) is 4.47. The average Bonchev–Trinajstić information content (AvgIpc) is 2.37. The first kappa shape index (κ1) is 15.7. The number of nitrogens with one attached hydrogen (secondary N) is 1. The second-order valence-electron chi connectivity index (χ2n) is 6.53. The van der Waals surface area contributed by atoms with Crippen LogP contribution in [0.4, 0.5) is 15.8 Å². The van der Waals surface area contributed by atoms with Crippen LogP contribution in [0.2, 0.25) is 0 Å². The summed E-state index contributed by atoms with van der Waals surface area (Å²) in [7, 11) is 0. The Hall–Kier alpha value is -1.65. The third-order valence-corrected chi connectivity index (χ3v) is 4.47. The molecule has 0 radical (unpaired) electrons. The molecule has 0 aromatic heterocycles. The number of non-ortho nitro benzene ring substituents is 1. The first-order chi connectivity index (χ1) is 9.86. The molecule has 4 nitrogen and oxygen atoms in total. The van der Waals surface area contributed by atoms with Crippen LogP contribution < -0.4 is 5.32 Å². The third kappa shape index (κ3) is 3.93. The van der Waals surface area contributed by atoms with Crippen LogP contribution in [0.15, 0.2) is 18.2 Å². The predicted molar refractivity (Wildman–Crippen MR) is 81.8 cm³/mol. The lowest BCUT2D eigenvalue weighted by atomic mass is 9.74. The summed E-state index contributed by atoms with van der Waals surface area (Å²) < 4.78 is 13.5. The monoisotopic (exact) mass is 294 g/mol. The lowest BCUT2D eigenvalue weighted by Crippen LogP contribution is -2.37. The number of benzene rings is 1. The van der Waals surface area contributed by atoms with Crippen LogP contribution in [0.25, 0.3) is 0 Å². The minimum absolute atomic E-state index is 0.206. The maximum atomic E-state index is 13.5. The molecule has 1 aromatic rings. The van der Waals surface area contributed by atoms with Crippen molar-refractivity contribution >= 4 is 11.4 Å². The molecule has 1 aliphatic carbocycles. The minimum atomic E-state index is -0.573. The molecule has 0 aliphatic heterocycles. The normalized spacial score (nSPS) is 25.9. The molecule has 1 aromatic carbocycles. The van der Waals surface area contributed by atoms with E-state index in [0.29, 0.717) is 23.4 Å². The number of halogens is 1. The highest BCUT2D eigenvalue weighted by atomic mass is 19.1. The lowest BCUT2D eigenvalue weighted by molar-refractivity contribution is -0.385. The average molecular weight is 294 g/mol. The number of nitro benzene ring substituents is 1. The summed E-state index contributed by atoms with van der Waals surface area (Å²) in [5.74, 6) is 1.11. The highest BCUT2D eigenvalue weighted by molar-refractivity contribution is 5.52. The smallest absolute Gasteiger partial charge is 0.274 e. The Kier molecular flexibility index (Phi) is 4.80. The molecule has 0 spiro atoms. The number of hydrogen-bond acceptors (Lipinski definition) is 3. The Balaban J connectivity index is 2.20. The van der Waals surface area contributed by atoms with Crippen molar-refractivity contribution in [2.75, 3.05) is 5.32 Å². The van der Waals surface area contributed by atoms with E-state index in [1.807, 2.05) is 0 Å². The van der Waals surface area contributed by atoms with Crippen LogP contribution in [0.3, 0.4) is 0 Å². The molecular formula is C16H23FN2O2. The van der Waals surface area contributed by atoms with Crippen molar-refractivity contribution in [1.82, 2.24) is 0 Å². The predicted octanol–water partition coefficient (Wildman–Crippen LogP) is 4.61. The van der Waals surface area contributed by atoms with E-state index < -0.39 is 10.7 Å². The molecular weight excluding hydrogens is 271 g/mol. The SMILES string of the molecule is CC1CCC(C(C)C)C(Nc2cc(F)cc([N+](=O)[O-])c2)C1. The molecule has 3 unspecified atom stereocenters. The molecule has 1 N–H and O–H groups in total. The Labute approximate surface area is 124 Å². The number of nitro groups is 1. The van der Waals surface area contributed by atoms with Crippen molar-refractivity contribution in [3.63, 3.8) is 0 Å². The fourth-order valence-corrected chi connectivity index (χ4v) is 3.35. The number of rotatable bonds is 4. The number of anilines is 1. The van der Waals surface area contributed by atoms with Crippen LogP contribution in [0, 0.1) is 33.7 Å². The van der Waals surface area contributed by atoms with E-state index in [-0.39, 0.29) is 11.7 Å². The molecule has 5 heteroatoms. The highest BCUT2D eigenvalue weighted by Crippen LogP contribution is 2.35. The Morgan fingerprint density at radius 1 is 1.33 bits per heavy atom. The first-order valence-electron chi connectivity index (χ1n) is 7.58. The van der Waals surface area contributed by atoms with E-state index in [0.717, 1.165) is 18.9 Å². The van der Waals surface area contributed by atoms with Crippen molar-refractivity contribution in [1.29, 1.82) is 0 Å². The molecule has 0 amide bonds. The molecule has 1 saturated carbocycles. The van der Waals surface area contributed by atoms with Crippen molar-refractivity contribution in [2.24, 2.45) is 17.8 Å². The summed E-state index contributed by atoms with van der Waals surface area (Å²) >= 11 is 0. The quantitative estimate of drug-likeness (QED) is 0.652. The maximum absolute atomic E-state index is 13.5. The van der Waals surface area contributed by atoms with Gasteiger partial charge in [-0.15, -0.1) is 0 Å². The lowest BCUT2D eigenvalue weighted by Gasteiger charge is -2.38. The van der Waals surface area contributed by atoms with E-state index in [9.17, 15) is 14.5 Å². The summed E-state index contributed by atoms with van der Waals surface area (Å²) in [6, 6.07) is 3.95. The van der Waals surface area contributed by atoms with Gasteiger partial charge in [0.05, 0.1) is 11.0 Å². The van der Waals surface area contributed by atoms with E-state index in [1.54, 1.807) is 0 Å². The van der Waals surface area contributed by atoms with Gasteiger partial charge in [-0.05, 0) is 36.7 Å². The molecule has 0 saturated heterocycles. The van der Waals surface area contributed by atoms with Gasteiger partial charge in [0.2, 0.25) is 0 Å². The molecule has 1 fully saturated rings. The van der Waals surface area contributed by atoms with Gasteiger partial charge in [0.1, 0.15) is 5.82 Å². The molecule has 116 valence electrons. The van der Waals surface area contributed by atoms with Crippen molar-refractivity contribution in [3.8, 4) is 0 Å². The van der Waals surface area contributed by atoms with Gasteiger partial charge in [-0.1, -0.05) is 27.2 Å². The summed E-state index contributed by atoms with van der Waals surface area (Å²) in [5.41, 5.74) is 0.300. The van der Waals surface area contributed by atoms with Crippen molar-refractivity contribution in [3.05, 3.63) is 34.1 Å². The van der Waals surface area contributed by atoms with Crippen LogP contribution in [0.1, 0.15) is 40.0 Å². The fourth-order valence-electron chi connectivity index (χ4n) is 3.35. The van der Waals surface area contributed by atoms with E-state index in [4.69, 9.17) is 0 Å². The van der Waals surface area contributed by atoms with Crippen molar-refractivity contribution in [2.45, 2.75) is 46.1 Å². The standard InChI is InChI=1S/C16H23FN2O2/c1-10(2)15-5-4-11(3)6-16(15)18-13-7-12(17)8-14(9-13)19(20)21/h7-11,15-16,18H,4-6H2,1-3H3. The van der Waals surface area contributed by atoms with Crippen LogP contribution >= 0.6 is 0 Å². The second kappa shape index (κ2) is 6.41. The van der Waals surface area contributed by atoms with E-state index >= 15 is 0 Å². The summed E-state index contributed by atoms with van der Waals surface area (Å²) in [4.78, 5) is 10.3. The fraction of sp³-hybridized carbons (Fsp3) is 0.625. The van der Waals surface area contributed by atoms with Gasteiger partial charge in [0, 0.05) is 17.8 Å². The van der Waals surface area contributed by atoms with Gasteiger partial charge in [-0.3, -0.25) is 10.1 Å². The first-order valence-corrected chi connectivity index (χ1v) is 7.58. The van der Waals surface area contributed by atoms with Gasteiger partial charge in [0.15, 0.2) is 0 Å². The van der Waals surface area contributed by atoms with Gasteiger partial charge in [-0.25, -0.2) is 4.39 Å². The molecule has 0 bridgehead atoms. The summed E-state index contributed by atoms with van der Waals surface area (Å²) in [5, 5.41) is 14.2. The molecule has 0 heterocycles. The Morgan fingerprint density at radius 2 is 2.05 bits per heavy atom. The Bertz CT molecular complexity index is 519. The number of nitrogens with zero attached hydrogens (tertiary/aromatic N) is 1. The van der Waals surface area contributed by atoms with Gasteiger partial charge < -0.3 is 5.32 Å². The van der Waals surface area contributed by atoms with Gasteiger partial charge in [-0.2, -0.15) is 0 Å².